The van der Waals surface area contributed by atoms with E-state index >= 15 is 0 Å². The Hall–Kier alpha value is -2.08. The van der Waals surface area contributed by atoms with Crippen molar-refractivity contribution in [1.29, 1.82) is 0 Å². The van der Waals surface area contributed by atoms with Crippen LogP contribution in [0.15, 0.2) is 18.2 Å². The fourth-order valence-electron chi connectivity index (χ4n) is 3.20. The normalized spacial score (nSPS) is 13.9. The molecule has 6 heteroatoms. The van der Waals surface area contributed by atoms with Crippen LogP contribution in [0.5, 0.6) is 0 Å². The molecule has 1 aliphatic rings. The van der Waals surface area contributed by atoms with Crippen molar-refractivity contribution in [2.45, 2.75) is 46.6 Å². The molecule has 0 spiro atoms. The monoisotopic (exact) mass is 389 g/mol. The molecule has 1 aliphatic carbocycles. The van der Waals surface area contributed by atoms with Crippen LogP contribution in [-0.4, -0.2) is 51.1 Å². The van der Waals surface area contributed by atoms with Crippen molar-refractivity contribution in [2.75, 3.05) is 44.6 Å². The van der Waals surface area contributed by atoms with E-state index in [1.807, 2.05) is 62.9 Å². The van der Waals surface area contributed by atoms with E-state index in [-0.39, 0.29) is 23.8 Å². The van der Waals surface area contributed by atoms with Crippen LogP contribution in [0.2, 0.25) is 0 Å². The molecule has 0 unspecified atom stereocenters. The van der Waals surface area contributed by atoms with Crippen molar-refractivity contribution in [3.63, 3.8) is 0 Å². The van der Waals surface area contributed by atoms with Gasteiger partial charge >= 0.3 is 0 Å². The number of nitrogens with one attached hydrogen (secondary N) is 1. The Kier molecular flexibility index (Phi) is 7.47. The number of amides is 2. The van der Waals surface area contributed by atoms with Crippen LogP contribution in [0, 0.1) is 11.3 Å². The summed E-state index contributed by atoms with van der Waals surface area (Å²) in [5.74, 6) is 0.598. The SMILES string of the molecule is COCC(=O)N(Cc1cc(NC(=O)CC(C)(C)C)ccc1N(C)C)CC1CC1. The molecule has 1 saturated carbocycles. The molecule has 0 bridgehead atoms. The molecule has 1 N–H and O–H groups in total. The van der Waals surface area contributed by atoms with E-state index in [1.54, 1.807) is 7.11 Å². The minimum Gasteiger partial charge on any atom is -0.377 e. The van der Waals surface area contributed by atoms with Gasteiger partial charge in [0.2, 0.25) is 11.8 Å². The first-order valence-corrected chi connectivity index (χ1v) is 9.96. The van der Waals surface area contributed by atoms with Gasteiger partial charge in [0.05, 0.1) is 0 Å². The highest BCUT2D eigenvalue weighted by Gasteiger charge is 2.27. The number of methoxy groups -OCH3 is 1. The summed E-state index contributed by atoms with van der Waals surface area (Å²) in [7, 11) is 5.52. The van der Waals surface area contributed by atoms with Gasteiger partial charge in [-0.05, 0) is 47.9 Å². The number of hydrogen-bond donors (Lipinski definition) is 1. The van der Waals surface area contributed by atoms with Crippen molar-refractivity contribution in [3.8, 4) is 0 Å². The third kappa shape index (κ3) is 7.15. The molecule has 1 fully saturated rings. The number of benzene rings is 1. The summed E-state index contributed by atoms with van der Waals surface area (Å²) < 4.78 is 5.07. The largest absolute Gasteiger partial charge is 0.377 e. The van der Waals surface area contributed by atoms with E-state index in [2.05, 4.69) is 5.32 Å². The molecule has 0 heterocycles. The van der Waals surface area contributed by atoms with E-state index in [0.29, 0.717) is 18.9 Å². The summed E-state index contributed by atoms with van der Waals surface area (Å²) in [4.78, 5) is 28.8. The third-order valence-electron chi connectivity index (χ3n) is 4.69. The van der Waals surface area contributed by atoms with E-state index < -0.39 is 0 Å². The van der Waals surface area contributed by atoms with Crippen LogP contribution >= 0.6 is 0 Å². The van der Waals surface area contributed by atoms with Gasteiger partial charge in [-0.25, -0.2) is 0 Å². The predicted molar refractivity (Wildman–Crippen MR) is 113 cm³/mol. The minimum atomic E-state index is -0.0654. The Labute approximate surface area is 169 Å². The molecule has 2 amide bonds. The van der Waals surface area contributed by atoms with Gasteiger partial charge in [0, 0.05) is 52.1 Å². The van der Waals surface area contributed by atoms with Crippen LogP contribution in [0.1, 0.15) is 45.6 Å². The zero-order valence-electron chi connectivity index (χ0n) is 18.2. The molecule has 0 aromatic heterocycles. The zero-order chi connectivity index (χ0) is 20.9. The Morgan fingerprint density at radius 1 is 1.21 bits per heavy atom. The average molecular weight is 390 g/mol. The lowest BCUT2D eigenvalue weighted by Gasteiger charge is -2.26. The third-order valence-corrected chi connectivity index (χ3v) is 4.69. The van der Waals surface area contributed by atoms with Crippen molar-refractivity contribution >= 4 is 23.2 Å². The first-order valence-electron chi connectivity index (χ1n) is 9.96. The van der Waals surface area contributed by atoms with Gasteiger partial charge in [-0.1, -0.05) is 20.8 Å². The second kappa shape index (κ2) is 9.41. The number of hydrogen-bond acceptors (Lipinski definition) is 4. The van der Waals surface area contributed by atoms with Crippen molar-refractivity contribution in [3.05, 3.63) is 23.8 Å². The molecule has 1 aromatic carbocycles. The number of anilines is 2. The lowest BCUT2D eigenvalue weighted by atomic mass is 9.92. The zero-order valence-corrected chi connectivity index (χ0v) is 18.2. The average Bonchev–Trinajstić information content (AvgIpc) is 3.36. The molecule has 6 nitrogen and oxygen atoms in total. The summed E-state index contributed by atoms with van der Waals surface area (Å²) in [6.07, 6.45) is 2.82. The van der Waals surface area contributed by atoms with Crippen LogP contribution in [0.3, 0.4) is 0 Å². The topological polar surface area (TPSA) is 61.9 Å². The van der Waals surface area contributed by atoms with Gasteiger partial charge in [0.15, 0.2) is 0 Å². The summed E-state index contributed by atoms with van der Waals surface area (Å²) in [6, 6.07) is 5.90. The van der Waals surface area contributed by atoms with Crippen LogP contribution in [0.4, 0.5) is 11.4 Å². The molecule has 156 valence electrons. The molecule has 0 atom stereocenters. The van der Waals surface area contributed by atoms with E-state index in [9.17, 15) is 9.59 Å². The summed E-state index contributed by atoms with van der Waals surface area (Å²) in [5.41, 5.74) is 2.76. The lowest BCUT2D eigenvalue weighted by Crippen LogP contribution is -2.35. The molecule has 1 aromatic rings. The van der Waals surface area contributed by atoms with Gasteiger partial charge in [0.25, 0.3) is 0 Å². The summed E-state index contributed by atoms with van der Waals surface area (Å²) in [5, 5.41) is 3.00. The smallest absolute Gasteiger partial charge is 0.248 e. The Morgan fingerprint density at radius 3 is 2.43 bits per heavy atom. The predicted octanol–water partition coefficient (Wildman–Crippen LogP) is 3.51. The Bertz CT molecular complexity index is 691. The number of nitrogens with zero attached hydrogens (tertiary/aromatic N) is 2. The molecule has 0 radical (unpaired) electrons. The number of rotatable bonds is 9. The molecule has 0 saturated heterocycles. The van der Waals surface area contributed by atoms with Gasteiger partial charge < -0.3 is 19.9 Å². The summed E-state index contributed by atoms with van der Waals surface area (Å²) >= 11 is 0. The standard InChI is InChI=1S/C22H35N3O3/c1-22(2,3)12-20(26)23-18-9-10-19(24(4)5)17(11-18)14-25(13-16-7-8-16)21(27)15-28-6/h9-11,16H,7-8,12-15H2,1-6H3,(H,23,26). The maximum Gasteiger partial charge on any atom is 0.248 e. The van der Waals surface area contributed by atoms with Crippen LogP contribution < -0.4 is 10.2 Å². The van der Waals surface area contributed by atoms with E-state index in [1.165, 1.54) is 12.8 Å². The van der Waals surface area contributed by atoms with Gasteiger partial charge in [-0.15, -0.1) is 0 Å². The molecule has 0 aliphatic heterocycles. The van der Waals surface area contributed by atoms with E-state index in [0.717, 1.165) is 23.5 Å². The maximum atomic E-state index is 12.5. The molecular formula is C22H35N3O3. The van der Waals surface area contributed by atoms with Gasteiger partial charge in [-0.2, -0.15) is 0 Å². The fourth-order valence-corrected chi connectivity index (χ4v) is 3.20. The van der Waals surface area contributed by atoms with Crippen molar-refractivity contribution in [1.82, 2.24) is 4.90 Å². The number of carbonyl (C=O) groups is 2. The minimum absolute atomic E-state index is 0.00118. The first-order chi connectivity index (χ1) is 13.1. The highest BCUT2D eigenvalue weighted by Crippen LogP contribution is 2.31. The van der Waals surface area contributed by atoms with Crippen molar-refractivity contribution in [2.24, 2.45) is 11.3 Å². The van der Waals surface area contributed by atoms with Crippen molar-refractivity contribution < 1.29 is 14.3 Å². The Balaban J connectivity index is 2.21. The lowest BCUT2D eigenvalue weighted by molar-refractivity contribution is -0.136. The van der Waals surface area contributed by atoms with Gasteiger partial charge in [-0.3, -0.25) is 9.59 Å². The number of ether oxygens (including phenoxy) is 1. The highest BCUT2D eigenvalue weighted by atomic mass is 16.5. The Morgan fingerprint density at radius 2 is 1.89 bits per heavy atom. The van der Waals surface area contributed by atoms with E-state index in [4.69, 9.17) is 4.74 Å². The quantitative estimate of drug-likeness (QED) is 0.702. The van der Waals surface area contributed by atoms with Crippen LogP contribution in [0.25, 0.3) is 0 Å². The second-order valence-corrected chi connectivity index (χ2v) is 9.17. The summed E-state index contributed by atoms with van der Waals surface area (Å²) in [6.45, 7) is 7.50. The fraction of sp³-hybridized carbons (Fsp3) is 0.636. The second-order valence-electron chi connectivity index (χ2n) is 9.17. The van der Waals surface area contributed by atoms with Gasteiger partial charge in [0.1, 0.15) is 6.61 Å². The molecular weight excluding hydrogens is 354 g/mol. The number of carbonyl (C=O) groups excluding carboxylic acids is 2. The molecule has 28 heavy (non-hydrogen) atoms. The van der Waals surface area contributed by atoms with Crippen LogP contribution in [-0.2, 0) is 20.9 Å². The molecule has 2 rings (SSSR count). The highest BCUT2D eigenvalue weighted by molar-refractivity contribution is 5.91. The first kappa shape index (κ1) is 22.2. The maximum absolute atomic E-state index is 12.5.